The highest BCUT2D eigenvalue weighted by Gasteiger charge is 2.31. The molecule has 1 unspecified atom stereocenters. The van der Waals surface area contributed by atoms with E-state index in [1.165, 1.54) is 0 Å². The quantitative estimate of drug-likeness (QED) is 0.713. The number of pyridine rings is 1. The predicted octanol–water partition coefficient (Wildman–Crippen LogP) is 2.98. The average Bonchev–Trinajstić information content (AvgIpc) is 3.38. The summed E-state index contributed by atoms with van der Waals surface area (Å²) >= 11 is 1.87. The average molecular weight is 366 g/mol. The molecule has 1 aromatic carbocycles. The topological polar surface area (TPSA) is 60.2 Å². The second kappa shape index (κ2) is 6.32. The van der Waals surface area contributed by atoms with Crippen molar-refractivity contribution >= 4 is 34.7 Å². The molecule has 0 spiro atoms. The Balaban J connectivity index is 1.48. The van der Waals surface area contributed by atoms with Crippen molar-refractivity contribution in [1.82, 2.24) is 14.5 Å². The molecule has 0 aliphatic carbocycles. The van der Waals surface area contributed by atoms with Gasteiger partial charge < -0.3 is 9.30 Å². The molecule has 1 atom stereocenters. The Labute approximate surface area is 155 Å². The van der Waals surface area contributed by atoms with Gasteiger partial charge in [0.05, 0.1) is 11.0 Å². The molecule has 1 fully saturated rings. The Hall–Kier alpha value is -2.54. The maximum Gasteiger partial charge on any atom is 0.266 e. The standard InChI is InChI=1S/C19H18N4O2S/c24-18(14-4-3-8-20-17(14)25-13-7-11-26-12-13)23-10-9-22-16-6-2-1-5-15(16)21-19(22)23/h1-6,8,13H,7,9-12H2. The van der Waals surface area contributed by atoms with Crippen molar-refractivity contribution in [2.75, 3.05) is 23.0 Å². The number of thioether (sulfide) groups is 1. The van der Waals surface area contributed by atoms with E-state index < -0.39 is 0 Å². The Morgan fingerprint density at radius 2 is 2.12 bits per heavy atom. The molecule has 0 bridgehead atoms. The highest BCUT2D eigenvalue weighted by Crippen LogP contribution is 2.30. The van der Waals surface area contributed by atoms with Crippen molar-refractivity contribution in [3.63, 3.8) is 0 Å². The fraction of sp³-hybridized carbons (Fsp3) is 0.316. The first-order chi connectivity index (χ1) is 12.8. The van der Waals surface area contributed by atoms with Gasteiger partial charge in [-0.25, -0.2) is 9.97 Å². The molecule has 3 aromatic rings. The van der Waals surface area contributed by atoms with Gasteiger partial charge in [0.25, 0.3) is 5.91 Å². The van der Waals surface area contributed by atoms with Crippen LogP contribution in [-0.4, -0.2) is 44.6 Å². The number of nitrogens with zero attached hydrogens (tertiary/aromatic N) is 4. The molecular weight excluding hydrogens is 348 g/mol. The molecular formula is C19H18N4O2S. The van der Waals surface area contributed by atoms with Crippen LogP contribution >= 0.6 is 11.8 Å². The summed E-state index contributed by atoms with van der Waals surface area (Å²) in [5.41, 5.74) is 2.47. The molecule has 26 heavy (non-hydrogen) atoms. The summed E-state index contributed by atoms with van der Waals surface area (Å²) in [5, 5.41) is 0. The van der Waals surface area contributed by atoms with E-state index in [-0.39, 0.29) is 12.0 Å². The van der Waals surface area contributed by atoms with Crippen molar-refractivity contribution in [3.8, 4) is 5.88 Å². The van der Waals surface area contributed by atoms with E-state index in [1.54, 1.807) is 23.2 Å². The summed E-state index contributed by atoms with van der Waals surface area (Å²) in [4.78, 5) is 23.9. The first-order valence-corrected chi connectivity index (χ1v) is 9.93. The van der Waals surface area contributed by atoms with E-state index in [1.807, 2.05) is 36.0 Å². The Morgan fingerprint density at radius 3 is 3.00 bits per heavy atom. The predicted molar refractivity (Wildman–Crippen MR) is 102 cm³/mol. The second-order valence-corrected chi connectivity index (χ2v) is 7.62. The normalized spacial score (nSPS) is 19.1. The lowest BCUT2D eigenvalue weighted by Crippen LogP contribution is -2.30. The van der Waals surface area contributed by atoms with Crippen LogP contribution in [0.4, 0.5) is 5.95 Å². The molecule has 2 aromatic heterocycles. The van der Waals surface area contributed by atoms with Gasteiger partial charge in [-0.2, -0.15) is 11.8 Å². The van der Waals surface area contributed by atoms with E-state index in [4.69, 9.17) is 4.74 Å². The number of para-hydroxylation sites is 2. The van der Waals surface area contributed by atoms with Crippen LogP contribution in [0, 0.1) is 0 Å². The van der Waals surface area contributed by atoms with Crippen LogP contribution in [0.2, 0.25) is 0 Å². The SMILES string of the molecule is O=C(c1cccnc1OC1CCSC1)N1CCn2c1nc1ccccc12. The molecule has 0 saturated carbocycles. The van der Waals surface area contributed by atoms with Crippen LogP contribution in [0.5, 0.6) is 5.88 Å². The molecule has 0 N–H and O–H groups in total. The lowest BCUT2D eigenvalue weighted by molar-refractivity contribution is 0.0981. The number of benzene rings is 1. The van der Waals surface area contributed by atoms with Gasteiger partial charge in [0.1, 0.15) is 11.7 Å². The molecule has 6 nitrogen and oxygen atoms in total. The molecule has 132 valence electrons. The minimum Gasteiger partial charge on any atom is -0.473 e. The van der Waals surface area contributed by atoms with E-state index in [2.05, 4.69) is 14.5 Å². The highest BCUT2D eigenvalue weighted by molar-refractivity contribution is 7.99. The van der Waals surface area contributed by atoms with Gasteiger partial charge in [-0.15, -0.1) is 0 Å². The molecule has 4 heterocycles. The fourth-order valence-corrected chi connectivity index (χ4v) is 4.63. The first kappa shape index (κ1) is 15.7. The summed E-state index contributed by atoms with van der Waals surface area (Å²) in [6, 6.07) is 11.5. The van der Waals surface area contributed by atoms with Gasteiger partial charge in [-0.05, 0) is 36.4 Å². The Bertz CT molecular complexity index is 981. The molecule has 7 heteroatoms. The first-order valence-electron chi connectivity index (χ1n) is 8.78. The molecule has 1 saturated heterocycles. The van der Waals surface area contributed by atoms with E-state index in [9.17, 15) is 4.79 Å². The number of ether oxygens (including phenoxy) is 1. The number of amides is 1. The number of aromatic nitrogens is 3. The minimum absolute atomic E-state index is 0.104. The molecule has 2 aliphatic rings. The fourth-order valence-electron chi connectivity index (χ4n) is 3.54. The van der Waals surface area contributed by atoms with Crippen molar-refractivity contribution in [2.45, 2.75) is 19.1 Å². The number of hydrogen-bond acceptors (Lipinski definition) is 5. The summed E-state index contributed by atoms with van der Waals surface area (Å²) < 4.78 is 8.12. The van der Waals surface area contributed by atoms with Crippen molar-refractivity contribution < 1.29 is 9.53 Å². The summed E-state index contributed by atoms with van der Waals surface area (Å²) in [5.74, 6) is 3.07. The molecule has 2 aliphatic heterocycles. The molecule has 0 radical (unpaired) electrons. The number of hydrogen-bond donors (Lipinski definition) is 0. The van der Waals surface area contributed by atoms with E-state index in [0.717, 1.165) is 35.5 Å². The van der Waals surface area contributed by atoms with Crippen LogP contribution < -0.4 is 9.64 Å². The van der Waals surface area contributed by atoms with Crippen LogP contribution in [0.3, 0.4) is 0 Å². The van der Waals surface area contributed by atoms with Crippen molar-refractivity contribution in [2.24, 2.45) is 0 Å². The molecule has 5 rings (SSSR count). The number of carbonyl (C=O) groups excluding carboxylic acids is 1. The lowest BCUT2D eigenvalue weighted by atomic mass is 10.2. The van der Waals surface area contributed by atoms with Gasteiger partial charge in [-0.1, -0.05) is 12.1 Å². The summed E-state index contributed by atoms with van der Waals surface area (Å²) in [6.07, 6.45) is 2.80. The van der Waals surface area contributed by atoms with Crippen LogP contribution in [0.25, 0.3) is 11.0 Å². The number of carbonyl (C=O) groups is 1. The zero-order chi connectivity index (χ0) is 17.5. The van der Waals surface area contributed by atoms with Gasteiger partial charge in [0.15, 0.2) is 0 Å². The largest absolute Gasteiger partial charge is 0.473 e. The van der Waals surface area contributed by atoms with Gasteiger partial charge >= 0.3 is 0 Å². The minimum atomic E-state index is -0.104. The maximum atomic E-state index is 13.2. The van der Waals surface area contributed by atoms with Crippen LogP contribution in [0.1, 0.15) is 16.8 Å². The maximum absolute atomic E-state index is 13.2. The summed E-state index contributed by atoms with van der Waals surface area (Å²) in [6.45, 7) is 1.36. The third-order valence-corrected chi connectivity index (χ3v) is 5.97. The highest BCUT2D eigenvalue weighted by atomic mass is 32.2. The van der Waals surface area contributed by atoms with Gasteiger partial charge in [-0.3, -0.25) is 9.69 Å². The zero-order valence-electron chi connectivity index (χ0n) is 14.2. The summed E-state index contributed by atoms with van der Waals surface area (Å²) in [7, 11) is 0. The Morgan fingerprint density at radius 1 is 1.19 bits per heavy atom. The second-order valence-electron chi connectivity index (χ2n) is 6.47. The van der Waals surface area contributed by atoms with E-state index >= 15 is 0 Å². The van der Waals surface area contributed by atoms with Crippen molar-refractivity contribution in [1.29, 1.82) is 0 Å². The van der Waals surface area contributed by atoms with Crippen LogP contribution in [0.15, 0.2) is 42.6 Å². The number of anilines is 1. The van der Waals surface area contributed by atoms with Crippen LogP contribution in [-0.2, 0) is 6.54 Å². The van der Waals surface area contributed by atoms with E-state index in [0.29, 0.717) is 23.9 Å². The number of rotatable bonds is 3. The third kappa shape index (κ3) is 2.54. The zero-order valence-corrected chi connectivity index (χ0v) is 15.0. The van der Waals surface area contributed by atoms with Gasteiger partial charge in [0.2, 0.25) is 11.8 Å². The Kier molecular flexibility index (Phi) is 3.81. The van der Waals surface area contributed by atoms with Gasteiger partial charge in [0, 0.05) is 25.0 Å². The molecule has 1 amide bonds. The van der Waals surface area contributed by atoms with Crippen molar-refractivity contribution in [3.05, 3.63) is 48.2 Å². The third-order valence-electron chi connectivity index (χ3n) is 4.84. The number of imidazole rings is 1. The monoisotopic (exact) mass is 366 g/mol. The smallest absolute Gasteiger partial charge is 0.266 e. The number of fused-ring (bicyclic) bond motifs is 3. The lowest BCUT2D eigenvalue weighted by Gasteiger charge is -2.18.